The van der Waals surface area contributed by atoms with Gasteiger partial charge in [0, 0.05) is 22.8 Å². The van der Waals surface area contributed by atoms with Crippen molar-refractivity contribution in [3.8, 4) is 0 Å². The molecule has 1 aromatic heterocycles. The summed E-state index contributed by atoms with van der Waals surface area (Å²) in [4.78, 5) is 15.6. The molecule has 0 radical (unpaired) electrons. The molecule has 2 heteroatoms. The zero-order valence-electron chi connectivity index (χ0n) is 21.3. The van der Waals surface area contributed by atoms with Crippen molar-refractivity contribution in [3.05, 3.63) is 94.9 Å². The number of hydrogen-bond acceptors (Lipinski definition) is 2. The van der Waals surface area contributed by atoms with E-state index in [2.05, 4.69) is 61.6 Å². The van der Waals surface area contributed by atoms with E-state index < -0.39 is 0 Å². The van der Waals surface area contributed by atoms with E-state index in [0.29, 0.717) is 12.3 Å². The van der Waals surface area contributed by atoms with Crippen molar-refractivity contribution < 1.29 is 9.07 Å². The lowest BCUT2D eigenvalue weighted by atomic mass is 9.78. The van der Waals surface area contributed by atoms with E-state index in [-0.39, 0.29) is 10.1 Å². The molecule has 2 atom stereocenters. The molecule has 2 aliphatic carbocycles. The topological polar surface area (TPSA) is 30.0 Å². The Labute approximate surface area is 211 Å². The third-order valence-electron chi connectivity index (χ3n) is 6.85. The van der Waals surface area contributed by atoms with Gasteiger partial charge in [0.15, 0.2) is 0 Å². The molecule has 1 heterocycles. The fraction of sp³-hybridized carbons (Fsp3) is 0.438. The second-order valence-corrected chi connectivity index (χ2v) is 9.86. The third-order valence-corrected chi connectivity index (χ3v) is 6.85. The first-order chi connectivity index (χ1) is 16.6. The van der Waals surface area contributed by atoms with Crippen LogP contribution in [0.15, 0.2) is 66.9 Å². The number of aromatic nitrogens is 1. The van der Waals surface area contributed by atoms with Gasteiger partial charge in [-0.3, -0.25) is 4.98 Å². The first kappa shape index (κ1) is 25.9. The molecular formula is C32H47NO. The van der Waals surface area contributed by atoms with Crippen molar-refractivity contribution in [2.45, 2.75) is 84.5 Å². The monoisotopic (exact) mass is 461 g/mol. The van der Waals surface area contributed by atoms with Crippen molar-refractivity contribution in [1.29, 1.82) is 0 Å². The molecule has 34 heavy (non-hydrogen) atoms. The highest BCUT2D eigenvalue weighted by atomic mass is 16.1. The summed E-state index contributed by atoms with van der Waals surface area (Å²) in [7, 11) is 0. The van der Waals surface area contributed by atoms with Gasteiger partial charge < -0.3 is 4.79 Å². The number of aryl methyl sites for hydroxylation is 2. The van der Waals surface area contributed by atoms with Crippen LogP contribution < -0.4 is 0 Å². The van der Waals surface area contributed by atoms with Crippen LogP contribution in [-0.4, -0.2) is 10.8 Å². The molecule has 1 unspecified atom stereocenters. The summed E-state index contributed by atoms with van der Waals surface area (Å²) >= 11 is 0. The molecule has 0 amide bonds. The van der Waals surface area contributed by atoms with Gasteiger partial charge in [-0.25, -0.2) is 0 Å². The van der Waals surface area contributed by atoms with Crippen LogP contribution in [0, 0.1) is 5.92 Å². The summed E-state index contributed by atoms with van der Waals surface area (Å²) in [5, 5.41) is 0. The van der Waals surface area contributed by atoms with Crippen molar-refractivity contribution >= 4 is 11.9 Å². The smallest absolute Gasteiger partial charge is 0.130 e. The lowest BCUT2D eigenvalue weighted by Crippen LogP contribution is -2.15. The predicted octanol–water partition coefficient (Wildman–Crippen LogP) is 8.96. The number of nitrogens with zero attached hydrogens (tertiary/aromatic N) is 1. The average Bonchev–Trinajstić information content (AvgIpc) is 2.86. The van der Waals surface area contributed by atoms with Crippen LogP contribution in [0.2, 0.25) is 0 Å². The van der Waals surface area contributed by atoms with E-state index in [1.165, 1.54) is 66.5 Å². The summed E-state index contributed by atoms with van der Waals surface area (Å²) in [6, 6.07) is 10.7. The Hall–Kier alpha value is -2.74. The summed E-state index contributed by atoms with van der Waals surface area (Å²) in [5.74, 6) is 1.83. The van der Waals surface area contributed by atoms with Gasteiger partial charge in [0.1, 0.15) is 5.78 Å². The Morgan fingerprint density at radius 2 is 2.03 bits per heavy atom. The van der Waals surface area contributed by atoms with Crippen molar-refractivity contribution in [1.82, 2.24) is 4.98 Å². The van der Waals surface area contributed by atoms with Gasteiger partial charge in [-0.1, -0.05) is 80.5 Å². The fourth-order valence-corrected chi connectivity index (χ4v) is 5.02. The van der Waals surface area contributed by atoms with Crippen LogP contribution in [0.5, 0.6) is 0 Å². The SMILES string of the molecule is C/C=C\C=C/Cc1cccc(CCC(C)=O)c1.C[C@@H]1CCCC(c2nccc3c2C=CCC3)C1.[HH].[HH].[HH]. The Bertz CT molecular complexity index is 1030. The first-order valence-corrected chi connectivity index (χ1v) is 13.1. The van der Waals surface area contributed by atoms with E-state index in [0.717, 1.165) is 18.8 Å². The molecule has 0 aliphatic heterocycles. The maximum atomic E-state index is 10.9. The second kappa shape index (κ2) is 13.8. The molecular weight excluding hydrogens is 414 g/mol. The number of hydrogen-bond donors (Lipinski definition) is 0. The Kier molecular flexibility index (Phi) is 10.5. The standard InChI is InChI=1S/C16H21N.C16H20O.3H2/c1-12-5-4-7-14(11-12)16-15-8-3-2-6-13(15)9-10-17-16;1-3-4-5-6-8-15-9-7-10-16(13-15)12-11-14(2)17;;;/h3,8-10,12,14H,2,4-7,11H2,1H3;3-7,9-10,13H,8,11-12H2,1-2H3;3*1H/b;4-3-,6-5-;;;/t12-,14?;;;;/m1..../s1. The molecule has 4 rings (SSSR count). The largest absolute Gasteiger partial charge is 0.300 e. The number of ketones is 1. The molecule has 186 valence electrons. The highest BCUT2D eigenvalue weighted by Gasteiger charge is 2.24. The Balaban J connectivity index is 0.000000648. The number of carbonyl (C=O) groups excluding carboxylic acids is 1. The predicted molar refractivity (Wildman–Crippen MR) is 151 cm³/mol. The van der Waals surface area contributed by atoms with E-state index in [1.54, 1.807) is 6.92 Å². The Morgan fingerprint density at radius 1 is 1.18 bits per heavy atom. The highest BCUT2D eigenvalue weighted by Crippen LogP contribution is 2.38. The molecule has 0 bridgehead atoms. The van der Waals surface area contributed by atoms with Crippen molar-refractivity contribution in [3.63, 3.8) is 0 Å². The van der Waals surface area contributed by atoms with Gasteiger partial charge in [0.25, 0.3) is 0 Å². The minimum Gasteiger partial charge on any atom is -0.300 e. The molecule has 1 aromatic carbocycles. The minimum absolute atomic E-state index is 0. The van der Waals surface area contributed by atoms with Gasteiger partial charge in [0.05, 0.1) is 5.69 Å². The fourth-order valence-electron chi connectivity index (χ4n) is 5.02. The molecule has 1 saturated carbocycles. The summed E-state index contributed by atoms with van der Waals surface area (Å²) < 4.78 is 0. The maximum Gasteiger partial charge on any atom is 0.130 e. The molecule has 1 fully saturated rings. The van der Waals surface area contributed by atoms with Crippen molar-refractivity contribution in [2.75, 3.05) is 0 Å². The summed E-state index contributed by atoms with van der Waals surface area (Å²) in [6.45, 7) is 6.04. The normalized spacial score (nSPS) is 19.6. The lowest BCUT2D eigenvalue weighted by Gasteiger charge is -2.28. The highest BCUT2D eigenvalue weighted by molar-refractivity contribution is 5.75. The van der Waals surface area contributed by atoms with Crippen LogP contribution in [-0.2, 0) is 24.1 Å². The van der Waals surface area contributed by atoms with E-state index in [4.69, 9.17) is 4.98 Å². The molecule has 0 N–H and O–H groups in total. The van der Waals surface area contributed by atoms with E-state index in [9.17, 15) is 4.79 Å². The number of benzene rings is 1. The van der Waals surface area contributed by atoms with Gasteiger partial charge in [-0.05, 0) is 86.6 Å². The number of rotatable bonds is 7. The zero-order valence-corrected chi connectivity index (χ0v) is 21.3. The number of fused-ring (bicyclic) bond motifs is 1. The van der Waals surface area contributed by atoms with E-state index >= 15 is 0 Å². The van der Waals surface area contributed by atoms with Gasteiger partial charge in [-0.15, -0.1) is 0 Å². The number of pyridine rings is 1. The number of allylic oxidation sites excluding steroid dienone is 5. The lowest BCUT2D eigenvalue weighted by molar-refractivity contribution is -0.116. The first-order valence-electron chi connectivity index (χ1n) is 13.1. The molecule has 2 aromatic rings. The van der Waals surface area contributed by atoms with Gasteiger partial charge in [-0.2, -0.15) is 0 Å². The Morgan fingerprint density at radius 3 is 2.82 bits per heavy atom. The second-order valence-electron chi connectivity index (χ2n) is 9.86. The van der Waals surface area contributed by atoms with Crippen LogP contribution in [0.3, 0.4) is 0 Å². The van der Waals surface area contributed by atoms with E-state index in [1.807, 2.05) is 25.3 Å². The summed E-state index contributed by atoms with van der Waals surface area (Å²) in [6.07, 6.45) is 25.1. The van der Waals surface area contributed by atoms with Crippen molar-refractivity contribution in [2.24, 2.45) is 5.92 Å². The van der Waals surface area contributed by atoms with Crippen LogP contribution in [0.4, 0.5) is 0 Å². The maximum absolute atomic E-state index is 10.9. The van der Waals surface area contributed by atoms with Crippen LogP contribution >= 0.6 is 0 Å². The van der Waals surface area contributed by atoms with Crippen LogP contribution in [0.1, 0.15) is 97.4 Å². The van der Waals surface area contributed by atoms with Gasteiger partial charge in [0.2, 0.25) is 0 Å². The average molecular weight is 462 g/mol. The molecule has 2 aliphatic rings. The summed E-state index contributed by atoms with van der Waals surface area (Å²) in [5.41, 5.74) is 6.88. The third kappa shape index (κ3) is 8.24. The molecule has 0 saturated heterocycles. The van der Waals surface area contributed by atoms with Crippen LogP contribution in [0.25, 0.3) is 6.08 Å². The minimum atomic E-state index is 0. The number of Topliss-reactive ketones (excluding diaryl/α,β-unsaturated/α-hetero) is 1. The zero-order chi connectivity index (χ0) is 24.2. The quantitative estimate of drug-likeness (QED) is 0.385. The molecule has 0 spiro atoms. The van der Waals surface area contributed by atoms with Gasteiger partial charge >= 0.3 is 0 Å². The number of carbonyl (C=O) groups is 1. The molecule has 2 nitrogen and oxygen atoms in total.